The molecular formula is C19H35NO4. The monoisotopic (exact) mass is 341 g/mol. The van der Waals surface area contributed by atoms with Gasteiger partial charge in [0.2, 0.25) is 0 Å². The van der Waals surface area contributed by atoms with Gasteiger partial charge in [-0.3, -0.25) is 4.79 Å². The van der Waals surface area contributed by atoms with Gasteiger partial charge in [-0.2, -0.15) is 0 Å². The fourth-order valence-electron chi connectivity index (χ4n) is 2.51. The van der Waals surface area contributed by atoms with Gasteiger partial charge in [-0.05, 0) is 12.8 Å². The van der Waals surface area contributed by atoms with Crippen LogP contribution in [0, 0.1) is 0 Å². The van der Waals surface area contributed by atoms with E-state index < -0.39 is 12.1 Å². The Labute approximate surface area is 147 Å². The first-order valence-electron chi connectivity index (χ1n) is 9.09. The predicted octanol–water partition coefficient (Wildman–Crippen LogP) is 2.44. The second-order valence-electron chi connectivity index (χ2n) is 7.39. The van der Waals surface area contributed by atoms with Gasteiger partial charge in [-0.15, -0.1) is 0 Å². The molecule has 0 fully saturated rings. The minimum absolute atomic E-state index is 0.191. The third-order valence-corrected chi connectivity index (χ3v) is 3.62. The summed E-state index contributed by atoms with van der Waals surface area (Å²) in [5.41, 5.74) is 0. The van der Waals surface area contributed by atoms with Crippen LogP contribution in [0.5, 0.6) is 0 Å². The van der Waals surface area contributed by atoms with Crippen molar-refractivity contribution >= 4 is 11.9 Å². The summed E-state index contributed by atoms with van der Waals surface area (Å²) in [4.78, 5) is 22.6. The maximum absolute atomic E-state index is 11.8. The Morgan fingerprint density at radius 1 is 1.04 bits per heavy atom. The lowest BCUT2D eigenvalue weighted by atomic mass is 10.1. The van der Waals surface area contributed by atoms with Gasteiger partial charge in [-0.25, -0.2) is 0 Å². The molecule has 0 rings (SSSR count). The van der Waals surface area contributed by atoms with Gasteiger partial charge in [-0.1, -0.05) is 51.2 Å². The predicted molar refractivity (Wildman–Crippen MR) is 94.2 cm³/mol. The molecule has 0 amide bonds. The number of quaternary nitrogens is 1. The smallest absolute Gasteiger partial charge is 0.310 e. The van der Waals surface area contributed by atoms with Crippen LogP contribution in [0.4, 0.5) is 0 Å². The average molecular weight is 341 g/mol. The van der Waals surface area contributed by atoms with E-state index in [9.17, 15) is 14.7 Å². The summed E-state index contributed by atoms with van der Waals surface area (Å²) in [7, 11) is 5.78. The van der Waals surface area contributed by atoms with E-state index in [4.69, 9.17) is 4.74 Å². The number of carbonyl (C=O) groups is 2. The van der Waals surface area contributed by atoms with Crippen molar-refractivity contribution in [3.63, 3.8) is 0 Å². The lowest BCUT2D eigenvalue weighted by Gasteiger charge is -2.29. The Balaban J connectivity index is 3.98. The quantitative estimate of drug-likeness (QED) is 0.211. The number of likely N-dealkylation sites (N-methyl/N-ethyl adjacent to an activating group) is 1. The summed E-state index contributed by atoms with van der Waals surface area (Å²) in [5.74, 6) is -1.58. The number of carbonyl (C=O) groups excluding carboxylic acids is 2. The zero-order valence-electron chi connectivity index (χ0n) is 15.9. The van der Waals surface area contributed by atoms with Gasteiger partial charge >= 0.3 is 5.97 Å². The van der Waals surface area contributed by atoms with Crippen molar-refractivity contribution in [3.8, 4) is 0 Å². The topological polar surface area (TPSA) is 66.4 Å². The van der Waals surface area contributed by atoms with E-state index in [1.54, 1.807) is 0 Å². The van der Waals surface area contributed by atoms with Crippen molar-refractivity contribution in [1.29, 1.82) is 0 Å². The van der Waals surface area contributed by atoms with Crippen LogP contribution in [0.2, 0.25) is 0 Å². The first kappa shape index (κ1) is 22.6. The van der Waals surface area contributed by atoms with Crippen LogP contribution in [0.25, 0.3) is 0 Å². The minimum Gasteiger partial charge on any atom is -0.550 e. The number of carboxylic acid groups (broad SMARTS) is 1. The van der Waals surface area contributed by atoms with Gasteiger partial charge in [0.25, 0.3) is 0 Å². The zero-order valence-corrected chi connectivity index (χ0v) is 15.9. The number of unbranched alkanes of at least 4 members (excludes halogenated alkanes) is 6. The highest BCUT2D eigenvalue weighted by Gasteiger charge is 2.21. The van der Waals surface area contributed by atoms with E-state index in [0.717, 1.165) is 12.8 Å². The molecule has 0 saturated heterocycles. The van der Waals surface area contributed by atoms with E-state index in [2.05, 4.69) is 6.92 Å². The highest BCUT2D eigenvalue weighted by atomic mass is 16.5. The fraction of sp³-hybridized carbons (Fsp3) is 0.789. The first-order chi connectivity index (χ1) is 11.2. The number of hydrogen-bond donors (Lipinski definition) is 0. The van der Waals surface area contributed by atoms with Crippen LogP contribution < -0.4 is 5.11 Å². The van der Waals surface area contributed by atoms with Crippen LogP contribution >= 0.6 is 0 Å². The summed E-state index contributed by atoms with van der Waals surface area (Å²) in [6.07, 6.45) is 11.6. The molecule has 0 heterocycles. The zero-order chi connectivity index (χ0) is 18.4. The number of nitrogens with zero attached hydrogens (tertiary/aromatic N) is 1. The summed E-state index contributed by atoms with van der Waals surface area (Å²) >= 11 is 0. The Morgan fingerprint density at radius 3 is 2.25 bits per heavy atom. The van der Waals surface area contributed by atoms with Crippen molar-refractivity contribution in [2.45, 2.75) is 70.8 Å². The second kappa shape index (κ2) is 13.0. The second-order valence-corrected chi connectivity index (χ2v) is 7.39. The molecule has 0 aromatic rings. The summed E-state index contributed by atoms with van der Waals surface area (Å²) in [5, 5.41) is 10.8. The molecule has 1 atom stereocenters. The highest BCUT2D eigenvalue weighted by Crippen LogP contribution is 2.08. The third kappa shape index (κ3) is 15.5. The van der Waals surface area contributed by atoms with E-state index >= 15 is 0 Å². The molecule has 0 spiro atoms. The van der Waals surface area contributed by atoms with Crippen LogP contribution in [-0.4, -0.2) is 50.2 Å². The number of hydrogen-bond acceptors (Lipinski definition) is 4. The van der Waals surface area contributed by atoms with Gasteiger partial charge in [0, 0.05) is 12.4 Å². The Kier molecular flexibility index (Phi) is 12.3. The molecule has 0 aliphatic heterocycles. The molecule has 24 heavy (non-hydrogen) atoms. The molecular weight excluding hydrogens is 306 g/mol. The summed E-state index contributed by atoms with van der Waals surface area (Å²) < 4.78 is 5.81. The Morgan fingerprint density at radius 2 is 1.67 bits per heavy atom. The van der Waals surface area contributed by atoms with Gasteiger partial charge in [0.05, 0.1) is 27.6 Å². The van der Waals surface area contributed by atoms with E-state index in [1.807, 2.05) is 33.3 Å². The van der Waals surface area contributed by atoms with Crippen molar-refractivity contribution in [2.24, 2.45) is 0 Å². The van der Waals surface area contributed by atoms with E-state index in [1.165, 1.54) is 32.1 Å². The number of aliphatic carboxylic acids is 1. The molecule has 0 saturated carbocycles. The molecule has 5 heteroatoms. The largest absolute Gasteiger partial charge is 0.550 e. The van der Waals surface area contributed by atoms with E-state index in [0.29, 0.717) is 11.0 Å². The maximum Gasteiger partial charge on any atom is 0.310 e. The summed E-state index contributed by atoms with van der Waals surface area (Å²) in [6.45, 7) is 2.65. The third-order valence-electron chi connectivity index (χ3n) is 3.62. The normalized spacial score (nSPS) is 13.2. The SMILES string of the molecule is CCCCCCCCC=CCC(=O)OC(CC(=O)[O-])C[N+](C)(C)C. The van der Waals surface area contributed by atoms with Crippen molar-refractivity contribution in [2.75, 3.05) is 27.7 Å². The average Bonchev–Trinajstić information content (AvgIpc) is 2.42. The molecule has 140 valence electrons. The van der Waals surface area contributed by atoms with E-state index in [-0.39, 0.29) is 18.8 Å². The van der Waals surface area contributed by atoms with Gasteiger partial charge < -0.3 is 19.1 Å². The lowest BCUT2D eigenvalue weighted by molar-refractivity contribution is -0.873. The van der Waals surface area contributed by atoms with Crippen molar-refractivity contribution in [3.05, 3.63) is 12.2 Å². The van der Waals surface area contributed by atoms with Crippen molar-refractivity contribution in [1.82, 2.24) is 0 Å². The van der Waals surface area contributed by atoms with Gasteiger partial charge in [0.1, 0.15) is 6.54 Å². The lowest BCUT2D eigenvalue weighted by Crippen LogP contribution is -2.45. The van der Waals surface area contributed by atoms with Crippen molar-refractivity contribution < 1.29 is 23.9 Å². The number of carboxylic acids is 1. The van der Waals surface area contributed by atoms with Crippen LogP contribution in [0.3, 0.4) is 0 Å². The number of ether oxygens (including phenoxy) is 1. The molecule has 0 aliphatic rings. The minimum atomic E-state index is -1.19. The molecule has 0 aliphatic carbocycles. The molecule has 1 unspecified atom stereocenters. The Bertz CT molecular complexity index is 385. The van der Waals surface area contributed by atoms with Crippen LogP contribution in [0.1, 0.15) is 64.7 Å². The Hall–Kier alpha value is -1.36. The maximum atomic E-state index is 11.8. The highest BCUT2D eigenvalue weighted by molar-refractivity contribution is 5.72. The molecule has 0 aromatic heterocycles. The van der Waals surface area contributed by atoms with Crippen LogP contribution in [0.15, 0.2) is 12.2 Å². The van der Waals surface area contributed by atoms with Crippen LogP contribution in [-0.2, 0) is 14.3 Å². The molecule has 0 N–H and O–H groups in total. The first-order valence-corrected chi connectivity index (χ1v) is 9.09. The number of esters is 1. The molecule has 5 nitrogen and oxygen atoms in total. The molecule has 0 radical (unpaired) electrons. The van der Waals surface area contributed by atoms with Gasteiger partial charge in [0.15, 0.2) is 6.10 Å². The molecule has 0 bridgehead atoms. The summed E-state index contributed by atoms with van der Waals surface area (Å²) in [6, 6.07) is 0. The molecule has 0 aromatic carbocycles. The number of allylic oxidation sites excluding steroid dienone is 1. The number of rotatable bonds is 14. The standard InChI is InChI=1S/C19H35NO4/c1-5-6-7-8-9-10-11-12-13-14-19(23)24-17(15-18(21)22)16-20(2,3)4/h12-13,17H,5-11,14-16H2,1-4H3. The fourth-order valence-corrected chi connectivity index (χ4v) is 2.51.